The van der Waals surface area contributed by atoms with Crippen LogP contribution in [0, 0.1) is 0 Å². The fourth-order valence-corrected chi connectivity index (χ4v) is 4.05. The molecule has 0 unspecified atom stereocenters. The highest BCUT2D eigenvalue weighted by molar-refractivity contribution is 5.43. The third-order valence-corrected chi connectivity index (χ3v) is 5.48. The number of nitrogens with zero attached hydrogens (tertiary/aromatic N) is 8. The number of rotatable bonds is 4. The molecule has 3 aromatic rings. The number of fused-ring (bicyclic) bond motifs is 2. The predicted molar refractivity (Wildman–Crippen MR) is 91.2 cm³/mol. The Balaban J connectivity index is 1.27. The van der Waals surface area contributed by atoms with Crippen LogP contribution in [0.5, 0.6) is 0 Å². The summed E-state index contributed by atoms with van der Waals surface area (Å²) in [6.07, 6.45) is 9.09. The Hall–Kier alpha value is -2.35. The van der Waals surface area contributed by atoms with Gasteiger partial charge in [-0.2, -0.15) is 24.6 Å². The summed E-state index contributed by atoms with van der Waals surface area (Å²) in [7, 11) is 0. The van der Waals surface area contributed by atoms with E-state index in [0.29, 0.717) is 5.92 Å². The number of hydrogen-bond acceptors (Lipinski definition) is 6. The second-order valence-electron chi connectivity index (χ2n) is 7.04. The summed E-state index contributed by atoms with van der Waals surface area (Å²) in [5, 5.41) is 22.0. The molecule has 0 saturated carbocycles. The molecule has 3 aromatic heterocycles. The van der Waals surface area contributed by atoms with Crippen molar-refractivity contribution in [3.05, 3.63) is 35.5 Å². The Kier molecular flexibility index (Phi) is 3.70. The Morgan fingerprint density at radius 2 is 1.84 bits per heavy atom. The van der Waals surface area contributed by atoms with Crippen LogP contribution >= 0.6 is 0 Å². The summed E-state index contributed by atoms with van der Waals surface area (Å²) in [4.78, 5) is 4.23. The highest BCUT2D eigenvalue weighted by Crippen LogP contribution is 2.28. The quantitative estimate of drug-likeness (QED) is 0.708. The van der Waals surface area contributed by atoms with Crippen LogP contribution < -0.4 is 0 Å². The van der Waals surface area contributed by atoms with E-state index in [9.17, 15) is 0 Å². The van der Waals surface area contributed by atoms with Gasteiger partial charge in [-0.1, -0.05) is 0 Å². The molecule has 25 heavy (non-hydrogen) atoms. The van der Waals surface area contributed by atoms with Crippen molar-refractivity contribution in [3.63, 3.8) is 0 Å². The maximum Gasteiger partial charge on any atom is 0.178 e. The molecule has 0 bridgehead atoms. The lowest BCUT2D eigenvalue weighted by Gasteiger charge is -2.30. The van der Waals surface area contributed by atoms with Crippen molar-refractivity contribution in [1.82, 2.24) is 39.7 Å². The van der Waals surface area contributed by atoms with Gasteiger partial charge >= 0.3 is 0 Å². The van der Waals surface area contributed by atoms with Gasteiger partial charge in [-0.15, -0.1) is 10.2 Å². The molecule has 0 radical (unpaired) electrons. The summed E-state index contributed by atoms with van der Waals surface area (Å²) < 4.78 is 2.00. The van der Waals surface area contributed by atoms with Crippen molar-refractivity contribution in [3.8, 4) is 0 Å². The van der Waals surface area contributed by atoms with Gasteiger partial charge in [0.25, 0.3) is 0 Å². The molecule has 130 valence electrons. The molecular formula is C17H22N8. The average molecular weight is 338 g/mol. The summed E-state index contributed by atoms with van der Waals surface area (Å²) >= 11 is 0. The molecular weight excluding hydrogens is 316 g/mol. The molecule has 0 spiro atoms. The molecule has 4 heterocycles. The summed E-state index contributed by atoms with van der Waals surface area (Å²) in [6, 6.07) is 2.18. The third-order valence-electron chi connectivity index (χ3n) is 5.48. The zero-order valence-corrected chi connectivity index (χ0v) is 14.3. The number of piperidine rings is 1. The molecule has 0 aromatic carbocycles. The normalized spacial score (nSPS) is 18.9. The topological polar surface area (TPSA) is 77.0 Å². The van der Waals surface area contributed by atoms with Gasteiger partial charge < -0.3 is 4.90 Å². The molecule has 8 nitrogen and oxygen atoms in total. The molecule has 1 fully saturated rings. The van der Waals surface area contributed by atoms with Crippen LogP contribution in [0.25, 0.3) is 5.65 Å². The SMILES string of the molecule is c1cnn(CCN2CCC(c3nnc4cc5c(nn34)CCC5)CC2)n1. The molecule has 2 aliphatic rings. The monoisotopic (exact) mass is 338 g/mol. The maximum absolute atomic E-state index is 4.84. The highest BCUT2D eigenvalue weighted by atomic mass is 15.5. The fourth-order valence-electron chi connectivity index (χ4n) is 4.05. The van der Waals surface area contributed by atoms with E-state index in [1.54, 1.807) is 17.2 Å². The van der Waals surface area contributed by atoms with Gasteiger partial charge in [-0.25, -0.2) is 0 Å². The second kappa shape index (κ2) is 6.18. The first kappa shape index (κ1) is 14.9. The van der Waals surface area contributed by atoms with E-state index >= 15 is 0 Å². The average Bonchev–Trinajstić information content (AvgIpc) is 3.38. The zero-order chi connectivity index (χ0) is 16.6. The number of likely N-dealkylation sites (tertiary alicyclic amines) is 1. The first-order valence-electron chi connectivity index (χ1n) is 9.17. The van der Waals surface area contributed by atoms with Crippen LogP contribution in [0.1, 0.15) is 42.3 Å². The van der Waals surface area contributed by atoms with Crippen LogP contribution in [0.2, 0.25) is 0 Å². The lowest BCUT2D eigenvalue weighted by Crippen LogP contribution is -2.36. The van der Waals surface area contributed by atoms with Crippen LogP contribution in [0.4, 0.5) is 0 Å². The molecule has 1 saturated heterocycles. The maximum atomic E-state index is 4.84. The summed E-state index contributed by atoms with van der Waals surface area (Å²) in [6.45, 7) is 3.99. The third kappa shape index (κ3) is 2.80. The predicted octanol–water partition coefficient (Wildman–Crippen LogP) is 1.08. The van der Waals surface area contributed by atoms with E-state index in [1.165, 1.54) is 17.7 Å². The van der Waals surface area contributed by atoms with Crippen molar-refractivity contribution in [2.24, 2.45) is 0 Å². The van der Waals surface area contributed by atoms with Gasteiger partial charge in [0.2, 0.25) is 0 Å². The van der Waals surface area contributed by atoms with Crippen LogP contribution in [-0.2, 0) is 19.4 Å². The van der Waals surface area contributed by atoms with Gasteiger partial charge in [-0.3, -0.25) is 0 Å². The second-order valence-corrected chi connectivity index (χ2v) is 7.04. The van der Waals surface area contributed by atoms with Gasteiger partial charge in [0.15, 0.2) is 11.5 Å². The lowest BCUT2D eigenvalue weighted by molar-refractivity contribution is 0.196. The first-order chi connectivity index (χ1) is 12.4. The van der Waals surface area contributed by atoms with Gasteiger partial charge in [0.05, 0.1) is 24.6 Å². The minimum absolute atomic E-state index is 0.445. The van der Waals surface area contributed by atoms with E-state index < -0.39 is 0 Å². The first-order valence-corrected chi connectivity index (χ1v) is 9.17. The van der Waals surface area contributed by atoms with Gasteiger partial charge in [-0.05, 0) is 56.8 Å². The molecule has 0 amide bonds. The highest BCUT2D eigenvalue weighted by Gasteiger charge is 2.26. The van der Waals surface area contributed by atoms with Crippen molar-refractivity contribution in [2.75, 3.05) is 19.6 Å². The molecule has 5 rings (SSSR count). The molecule has 1 aliphatic heterocycles. The van der Waals surface area contributed by atoms with E-state index in [4.69, 9.17) is 5.10 Å². The largest absolute Gasteiger partial charge is 0.301 e. The van der Waals surface area contributed by atoms with Crippen molar-refractivity contribution in [2.45, 2.75) is 44.6 Å². The van der Waals surface area contributed by atoms with E-state index in [-0.39, 0.29) is 0 Å². The van der Waals surface area contributed by atoms with Crippen LogP contribution in [0.3, 0.4) is 0 Å². The smallest absolute Gasteiger partial charge is 0.178 e. The standard InChI is InChI=1S/C17H22N8/c1-2-14-12-16-20-21-17(25(16)22-15(14)3-1)13-4-8-23(9-5-13)10-11-24-18-6-7-19-24/h6-7,12-13H,1-5,8-11H2. The Labute approximate surface area is 145 Å². The molecule has 8 heteroatoms. The van der Waals surface area contributed by atoms with E-state index in [1.807, 2.05) is 4.52 Å². The lowest BCUT2D eigenvalue weighted by atomic mass is 9.96. The van der Waals surface area contributed by atoms with Crippen molar-refractivity contribution >= 4 is 5.65 Å². The van der Waals surface area contributed by atoms with Crippen LogP contribution in [0.15, 0.2) is 18.5 Å². The zero-order valence-electron chi connectivity index (χ0n) is 14.3. The van der Waals surface area contributed by atoms with Gasteiger partial charge in [0, 0.05) is 12.5 Å². The minimum atomic E-state index is 0.445. The Morgan fingerprint density at radius 1 is 1.00 bits per heavy atom. The Bertz CT molecular complexity index is 860. The van der Waals surface area contributed by atoms with Crippen LogP contribution in [-0.4, -0.2) is 59.3 Å². The number of aromatic nitrogens is 7. The molecule has 0 N–H and O–H groups in total. The minimum Gasteiger partial charge on any atom is -0.301 e. The Morgan fingerprint density at radius 3 is 2.68 bits per heavy atom. The van der Waals surface area contributed by atoms with Gasteiger partial charge in [0.1, 0.15) is 0 Å². The molecule has 1 aliphatic carbocycles. The van der Waals surface area contributed by atoms with E-state index in [2.05, 4.69) is 31.4 Å². The fraction of sp³-hybridized carbons (Fsp3) is 0.588. The summed E-state index contributed by atoms with van der Waals surface area (Å²) in [5.41, 5.74) is 3.49. The van der Waals surface area contributed by atoms with E-state index in [0.717, 1.165) is 63.3 Å². The number of aryl methyl sites for hydroxylation is 2. The van der Waals surface area contributed by atoms with Crippen molar-refractivity contribution < 1.29 is 0 Å². The number of hydrogen-bond donors (Lipinski definition) is 0. The van der Waals surface area contributed by atoms with Crippen molar-refractivity contribution in [1.29, 1.82) is 0 Å². The molecule has 0 atom stereocenters. The summed E-state index contributed by atoms with van der Waals surface area (Å²) in [5.74, 6) is 1.49.